The van der Waals surface area contributed by atoms with Crippen LogP contribution in [0.3, 0.4) is 0 Å². The second-order valence-electron chi connectivity index (χ2n) is 6.65. The van der Waals surface area contributed by atoms with Crippen LogP contribution >= 0.6 is 0 Å². The SMILES string of the molecule is CNC(=O)c1cc(C(=O)Nc2cnn(C)c2)cc2c1OCC2c1ccccc1. The van der Waals surface area contributed by atoms with Crippen LogP contribution in [-0.4, -0.2) is 35.2 Å². The van der Waals surface area contributed by atoms with E-state index in [0.717, 1.165) is 11.1 Å². The summed E-state index contributed by atoms with van der Waals surface area (Å²) in [5.74, 6) is -0.0995. The number of amides is 2. The Morgan fingerprint density at radius 2 is 1.96 bits per heavy atom. The highest BCUT2D eigenvalue weighted by Gasteiger charge is 2.31. The molecule has 1 unspecified atom stereocenters. The van der Waals surface area contributed by atoms with Crippen LogP contribution in [0.1, 0.15) is 37.8 Å². The fourth-order valence-corrected chi connectivity index (χ4v) is 3.41. The van der Waals surface area contributed by atoms with E-state index in [4.69, 9.17) is 4.74 Å². The van der Waals surface area contributed by atoms with Crippen molar-refractivity contribution < 1.29 is 14.3 Å². The molecule has 7 nitrogen and oxygen atoms in total. The molecule has 7 heteroatoms. The summed E-state index contributed by atoms with van der Waals surface area (Å²) < 4.78 is 7.47. The van der Waals surface area contributed by atoms with Gasteiger partial charge in [0.15, 0.2) is 0 Å². The summed E-state index contributed by atoms with van der Waals surface area (Å²) in [6.45, 7) is 0.428. The van der Waals surface area contributed by atoms with Crippen LogP contribution in [0.4, 0.5) is 5.69 Å². The van der Waals surface area contributed by atoms with Crippen molar-refractivity contribution in [3.8, 4) is 5.75 Å². The van der Waals surface area contributed by atoms with Crippen LogP contribution in [0.5, 0.6) is 5.75 Å². The Morgan fingerprint density at radius 1 is 1.18 bits per heavy atom. The van der Waals surface area contributed by atoms with E-state index in [1.807, 2.05) is 30.3 Å². The highest BCUT2D eigenvalue weighted by Crippen LogP contribution is 2.41. The first kappa shape index (κ1) is 17.8. The third-order valence-electron chi connectivity index (χ3n) is 4.79. The van der Waals surface area contributed by atoms with Gasteiger partial charge in [0.05, 0.1) is 24.1 Å². The molecule has 142 valence electrons. The fraction of sp³-hybridized carbons (Fsp3) is 0.190. The number of aryl methyl sites for hydroxylation is 1. The summed E-state index contributed by atoms with van der Waals surface area (Å²) in [6, 6.07) is 13.3. The van der Waals surface area contributed by atoms with Crippen molar-refractivity contribution in [2.45, 2.75) is 5.92 Å². The zero-order chi connectivity index (χ0) is 19.7. The highest BCUT2D eigenvalue weighted by atomic mass is 16.5. The van der Waals surface area contributed by atoms with Crippen LogP contribution in [0, 0.1) is 0 Å². The molecule has 3 aromatic rings. The first-order valence-corrected chi connectivity index (χ1v) is 8.94. The summed E-state index contributed by atoms with van der Waals surface area (Å²) in [5.41, 5.74) is 3.25. The third kappa shape index (κ3) is 3.22. The van der Waals surface area contributed by atoms with Gasteiger partial charge in [-0.15, -0.1) is 0 Å². The monoisotopic (exact) mass is 376 g/mol. The molecule has 4 rings (SSSR count). The van der Waals surface area contributed by atoms with Crippen molar-refractivity contribution in [2.24, 2.45) is 7.05 Å². The number of hydrogen-bond donors (Lipinski definition) is 2. The average Bonchev–Trinajstić information content (AvgIpc) is 3.33. The Labute approximate surface area is 162 Å². The molecule has 0 fully saturated rings. The summed E-state index contributed by atoms with van der Waals surface area (Å²) in [7, 11) is 3.33. The molecule has 2 aromatic carbocycles. The van der Waals surface area contributed by atoms with Crippen molar-refractivity contribution in [1.29, 1.82) is 0 Å². The van der Waals surface area contributed by atoms with Gasteiger partial charge >= 0.3 is 0 Å². The van der Waals surface area contributed by atoms with E-state index >= 15 is 0 Å². The van der Waals surface area contributed by atoms with Gasteiger partial charge in [-0.3, -0.25) is 14.3 Å². The molecule has 0 aliphatic carbocycles. The van der Waals surface area contributed by atoms with Crippen LogP contribution < -0.4 is 15.4 Å². The van der Waals surface area contributed by atoms with Gasteiger partial charge in [0.1, 0.15) is 5.75 Å². The smallest absolute Gasteiger partial charge is 0.255 e. The summed E-state index contributed by atoms with van der Waals surface area (Å²) in [5, 5.41) is 9.48. The molecule has 1 aliphatic heterocycles. The van der Waals surface area contributed by atoms with Crippen molar-refractivity contribution in [3.05, 3.63) is 77.1 Å². The minimum absolute atomic E-state index is 0.0363. The molecule has 1 aromatic heterocycles. The zero-order valence-electron chi connectivity index (χ0n) is 15.6. The van der Waals surface area contributed by atoms with Gasteiger partial charge in [0.25, 0.3) is 11.8 Å². The van der Waals surface area contributed by atoms with Gasteiger partial charge in [0, 0.05) is 37.3 Å². The van der Waals surface area contributed by atoms with Gasteiger partial charge in [0.2, 0.25) is 0 Å². The number of fused-ring (bicyclic) bond motifs is 1. The molecule has 1 atom stereocenters. The van der Waals surface area contributed by atoms with Crippen molar-refractivity contribution in [1.82, 2.24) is 15.1 Å². The maximum absolute atomic E-state index is 12.8. The van der Waals surface area contributed by atoms with Gasteiger partial charge < -0.3 is 15.4 Å². The molecular formula is C21H20N4O3. The summed E-state index contributed by atoms with van der Waals surface area (Å²) in [4.78, 5) is 25.2. The largest absolute Gasteiger partial charge is 0.491 e. The number of nitrogens with zero attached hydrogens (tertiary/aromatic N) is 2. The van der Waals surface area contributed by atoms with Gasteiger partial charge in [-0.25, -0.2) is 0 Å². The number of aromatic nitrogens is 2. The molecule has 1 aliphatic rings. The number of anilines is 1. The number of rotatable bonds is 4. The summed E-state index contributed by atoms with van der Waals surface area (Å²) >= 11 is 0. The van der Waals surface area contributed by atoms with E-state index in [0.29, 0.717) is 29.2 Å². The third-order valence-corrected chi connectivity index (χ3v) is 4.79. The maximum atomic E-state index is 12.8. The Kier molecular flexibility index (Phi) is 4.57. The Balaban J connectivity index is 1.76. The quantitative estimate of drug-likeness (QED) is 0.733. The molecule has 0 spiro atoms. The normalized spacial score (nSPS) is 14.9. The average molecular weight is 376 g/mol. The second-order valence-corrected chi connectivity index (χ2v) is 6.65. The van der Waals surface area contributed by atoms with Gasteiger partial charge in [-0.1, -0.05) is 30.3 Å². The molecule has 2 amide bonds. The van der Waals surface area contributed by atoms with Crippen LogP contribution in [0.2, 0.25) is 0 Å². The number of ether oxygens (including phenoxy) is 1. The van der Waals surface area contributed by atoms with Gasteiger partial charge in [-0.2, -0.15) is 5.10 Å². The second kappa shape index (κ2) is 7.19. The van der Waals surface area contributed by atoms with E-state index in [9.17, 15) is 9.59 Å². The molecule has 0 radical (unpaired) electrons. The lowest BCUT2D eigenvalue weighted by Gasteiger charge is -2.12. The Morgan fingerprint density at radius 3 is 2.64 bits per heavy atom. The fourth-order valence-electron chi connectivity index (χ4n) is 3.41. The topological polar surface area (TPSA) is 85.3 Å². The van der Waals surface area contributed by atoms with E-state index in [-0.39, 0.29) is 17.7 Å². The molecule has 0 saturated heterocycles. The first-order chi connectivity index (χ1) is 13.6. The lowest BCUT2D eigenvalue weighted by molar-refractivity contribution is 0.0960. The number of carbonyl (C=O) groups excluding carboxylic acids is 2. The number of benzene rings is 2. The van der Waals surface area contributed by atoms with Crippen molar-refractivity contribution in [2.75, 3.05) is 19.0 Å². The lowest BCUT2D eigenvalue weighted by Crippen LogP contribution is -2.20. The van der Waals surface area contributed by atoms with E-state index in [2.05, 4.69) is 15.7 Å². The van der Waals surface area contributed by atoms with Crippen molar-refractivity contribution in [3.63, 3.8) is 0 Å². The number of hydrogen-bond acceptors (Lipinski definition) is 4. The van der Waals surface area contributed by atoms with E-state index in [1.54, 1.807) is 43.3 Å². The van der Waals surface area contributed by atoms with Gasteiger partial charge in [-0.05, 0) is 17.7 Å². The molecular weight excluding hydrogens is 356 g/mol. The maximum Gasteiger partial charge on any atom is 0.255 e. The predicted molar refractivity (Wildman–Crippen MR) is 105 cm³/mol. The molecule has 28 heavy (non-hydrogen) atoms. The summed E-state index contributed by atoms with van der Waals surface area (Å²) in [6.07, 6.45) is 3.28. The first-order valence-electron chi connectivity index (χ1n) is 8.94. The standard InChI is InChI=1S/C21H20N4O3/c1-22-21(27)17-9-14(20(26)24-15-10-23-25(2)11-15)8-16-18(12-28-19(16)17)13-6-4-3-5-7-13/h3-11,18H,12H2,1-2H3,(H,22,27)(H,24,26). The van der Waals surface area contributed by atoms with Crippen LogP contribution in [-0.2, 0) is 7.05 Å². The predicted octanol–water partition coefficient (Wildman–Crippen LogP) is 2.56. The number of nitrogens with one attached hydrogen (secondary N) is 2. The minimum atomic E-state index is -0.306. The molecule has 0 bridgehead atoms. The Hall–Kier alpha value is -3.61. The molecule has 2 N–H and O–H groups in total. The molecule has 0 saturated carbocycles. The Bertz CT molecular complexity index is 1040. The molecule has 2 heterocycles. The zero-order valence-corrected chi connectivity index (χ0v) is 15.6. The highest BCUT2D eigenvalue weighted by molar-refractivity contribution is 6.07. The van der Waals surface area contributed by atoms with E-state index in [1.165, 1.54) is 0 Å². The number of carbonyl (C=O) groups is 2. The lowest BCUT2D eigenvalue weighted by atomic mass is 9.90. The van der Waals surface area contributed by atoms with E-state index < -0.39 is 0 Å². The minimum Gasteiger partial charge on any atom is -0.491 e. The van der Waals surface area contributed by atoms with Crippen LogP contribution in [0.15, 0.2) is 54.9 Å². The van der Waals surface area contributed by atoms with Crippen LogP contribution in [0.25, 0.3) is 0 Å². The van der Waals surface area contributed by atoms with Crippen molar-refractivity contribution >= 4 is 17.5 Å².